The van der Waals surface area contributed by atoms with E-state index in [1.54, 1.807) is 16.2 Å². The predicted octanol–water partition coefficient (Wildman–Crippen LogP) is 2.20. The standard InChI is InChI=1S/C14H25N3O2S/c1-5-19-11(2)14-16-12(10-20-14)9-17(4)13(18)7-6-8-15-3/h10-11,15H,5-9H2,1-4H3. The van der Waals surface area contributed by atoms with Gasteiger partial charge in [0.25, 0.3) is 0 Å². The zero-order valence-corrected chi connectivity index (χ0v) is 13.6. The summed E-state index contributed by atoms with van der Waals surface area (Å²) in [7, 11) is 3.72. The SMILES string of the molecule is CCOC(C)c1nc(CN(C)C(=O)CCCNC)cs1. The molecule has 0 saturated carbocycles. The number of carbonyl (C=O) groups is 1. The van der Waals surface area contributed by atoms with Crippen molar-refractivity contribution in [2.45, 2.75) is 39.3 Å². The van der Waals surface area contributed by atoms with Crippen molar-refractivity contribution in [3.8, 4) is 0 Å². The van der Waals surface area contributed by atoms with Gasteiger partial charge in [0.05, 0.1) is 12.2 Å². The Kier molecular flexibility index (Phi) is 7.72. The van der Waals surface area contributed by atoms with Gasteiger partial charge >= 0.3 is 0 Å². The third kappa shape index (κ3) is 5.56. The highest BCUT2D eigenvalue weighted by Gasteiger charge is 2.13. The maximum absolute atomic E-state index is 11.9. The second-order valence-electron chi connectivity index (χ2n) is 4.73. The van der Waals surface area contributed by atoms with Crippen molar-refractivity contribution in [3.05, 3.63) is 16.1 Å². The van der Waals surface area contributed by atoms with Crippen molar-refractivity contribution < 1.29 is 9.53 Å². The van der Waals surface area contributed by atoms with Crippen molar-refractivity contribution in [1.29, 1.82) is 0 Å². The largest absolute Gasteiger partial charge is 0.372 e. The van der Waals surface area contributed by atoms with E-state index in [0.29, 0.717) is 19.6 Å². The van der Waals surface area contributed by atoms with E-state index in [1.165, 1.54) is 0 Å². The zero-order valence-electron chi connectivity index (χ0n) is 12.8. The molecule has 1 aromatic heterocycles. The number of hydrogen-bond donors (Lipinski definition) is 1. The van der Waals surface area contributed by atoms with Crippen molar-refractivity contribution in [3.63, 3.8) is 0 Å². The van der Waals surface area contributed by atoms with Gasteiger partial charge < -0.3 is 15.0 Å². The number of nitrogens with one attached hydrogen (secondary N) is 1. The van der Waals surface area contributed by atoms with Gasteiger partial charge in [0.1, 0.15) is 11.1 Å². The van der Waals surface area contributed by atoms with Crippen molar-refractivity contribution in [1.82, 2.24) is 15.2 Å². The van der Waals surface area contributed by atoms with E-state index in [0.717, 1.165) is 23.7 Å². The van der Waals surface area contributed by atoms with E-state index in [4.69, 9.17) is 4.74 Å². The number of nitrogens with zero attached hydrogens (tertiary/aromatic N) is 2. The van der Waals surface area contributed by atoms with Crippen LogP contribution in [0.25, 0.3) is 0 Å². The summed E-state index contributed by atoms with van der Waals surface area (Å²) in [5.74, 6) is 0.160. The number of amides is 1. The molecule has 114 valence electrons. The Hall–Kier alpha value is -0.980. The maximum Gasteiger partial charge on any atom is 0.222 e. The average molecular weight is 299 g/mol. The highest BCUT2D eigenvalue weighted by Crippen LogP contribution is 2.21. The van der Waals surface area contributed by atoms with Crippen LogP contribution in [0.5, 0.6) is 0 Å². The summed E-state index contributed by atoms with van der Waals surface area (Å²) in [5, 5.41) is 6.02. The van der Waals surface area contributed by atoms with E-state index in [-0.39, 0.29) is 12.0 Å². The van der Waals surface area contributed by atoms with Gasteiger partial charge in [0.2, 0.25) is 5.91 Å². The number of rotatable bonds is 9. The van der Waals surface area contributed by atoms with Gasteiger partial charge in [-0.1, -0.05) is 0 Å². The minimum Gasteiger partial charge on any atom is -0.372 e. The van der Waals surface area contributed by atoms with Crippen molar-refractivity contribution in [2.24, 2.45) is 0 Å². The molecule has 0 aliphatic heterocycles. The molecule has 0 aliphatic rings. The molecule has 0 saturated heterocycles. The molecule has 1 heterocycles. The summed E-state index contributed by atoms with van der Waals surface area (Å²) in [6.45, 7) is 6.08. The Morgan fingerprint density at radius 1 is 1.60 bits per heavy atom. The molecular weight excluding hydrogens is 274 g/mol. The molecule has 20 heavy (non-hydrogen) atoms. The number of hydrogen-bond acceptors (Lipinski definition) is 5. The van der Waals surface area contributed by atoms with Crippen LogP contribution in [0.1, 0.15) is 43.5 Å². The van der Waals surface area contributed by atoms with E-state index in [2.05, 4.69) is 10.3 Å². The molecule has 1 N–H and O–H groups in total. The van der Waals surface area contributed by atoms with Gasteiger partial charge in [-0.25, -0.2) is 4.98 Å². The van der Waals surface area contributed by atoms with Gasteiger partial charge in [-0.15, -0.1) is 11.3 Å². The quantitative estimate of drug-likeness (QED) is 0.710. The van der Waals surface area contributed by atoms with Crippen LogP contribution in [0.15, 0.2) is 5.38 Å². The molecule has 5 nitrogen and oxygen atoms in total. The molecule has 1 atom stereocenters. The first-order valence-electron chi connectivity index (χ1n) is 7.03. The zero-order chi connectivity index (χ0) is 15.0. The summed E-state index contributed by atoms with van der Waals surface area (Å²) < 4.78 is 5.52. The highest BCUT2D eigenvalue weighted by molar-refractivity contribution is 7.09. The van der Waals surface area contributed by atoms with Gasteiger partial charge in [-0.2, -0.15) is 0 Å². The van der Waals surface area contributed by atoms with Crippen LogP contribution in [-0.4, -0.2) is 43.0 Å². The van der Waals surface area contributed by atoms with Crippen LogP contribution in [0.4, 0.5) is 0 Å². The fraction of sp³-hybridized carbons (Fsp3) is 0.714. The van der Waals surface area contributed by atoms with Crippen LogP contribution in [0.3, 0.4) is 0 Å². The van der Waals surface area contributed by atoms with Crippen LogP contribution < -0.4 is 5.32 Å². The van der Waals surface area contributed by atoms with E-state index < -0.39 is 0 Å². The maximum atomic E-state index is 11.9. The summed E-state index contributed by atoms with van der Waals surface area (Å²) in [6.07, 6.45) is 1.46. The van der Waals surface area contributed by atoms with Gasteiger partial charge in [0.15, 0.2) is 0 Å². The Bertz CT molecular complexity index is 409. The highest BCUT2D eigenvalue weighted by atomic mass is 32.1. The second kappa shape index (κ2) is 9.05. The van der Waals surface area contributed by atoms with Crippen LogP contribution in [0, 0.1) is 0 Å². The summed E-state index contributed by atoms with van der Waals surface area (Å²) in [6, 6.07) is 0. The molecule has 6 heteroatoms. The van der Waals surface area contributed by atoms with E-state index in [9.17, 15) is 4.79 Å². The molecule has 1 rings (SSSR count). The number of aromatic nitrogens is 1. The van der Waals surface area contributed by atoms with Crippen molar-refractivity contribution >= 4 is 17.2 Å². The second-order valence-corrected chi connectivity index (χ2v) is 5.62. The topological polar surface area (TPSA) is 54.5 Å². The fourth-order valence-corrected chi connectivity index (χ4v) is 2.66. The monoisotopic (exact) mass is 299 g/mol. The number of thiazole rings is 1. The molecule has 0 bridgehead atoms. The lowest BCUT2D eigenvalue weighted by atomic mass is 10.2. The minimum absolute atomic E-state index is 0.0235. The molecule has 1 amide bonds. The Labute approximate surface area is 125 Å². The summed E-state index contributed by atoms with van der Waals surface area (Å²) in [4.78, 5) is 18.2. The van der Waals surface area contributed by atoms with Gasteiger partial charge in [0, 0.05) is 25.5 Å². The molecule has 0 fully saturated rings. The Balaban J connectivity index is 2.45. The summed E-state index contributed by atoms with van der Waals surface area (Å²) in [5.41, 5.74) is 0.931. The third-order valence-electron chi connectivity index (χ3n) is 2.98. The smallest absolute Gasteiger partial charge is 0.222 e. The lowest BCUT2D eigenvalue weighted by Gasteiger charge is -2.15. The molecular formula is C14H25N3O2S. The molecule has 1 unspecified atom stereocenters. The average Bonchev–Trinajstić information content (AvgIpc) is 2.87. The first-order valence-corrected chi connectivity index (χ1v) is 7.90. The van der Waals surface area contributed by atoms with Gasteiger partial charge in [-0.3, -0.25) is 4.79 Å². The molecule has 0 radical (unpaired) electrons. The Morgan fingerprint density at radius 2 is 2.35 bits per heavy atom. The normalized spacial score (nSPS) is 12.4. The van der Waals surface area contributed by atoms with Crippen LogP contribution in [0.2, 0.25) is 0 Å². The first kappa shape index (κ1) is 17.1. The van der Waals surface area contributed by atoms with Crippen molar-refractivity contribution in [2.75, 3.05) is 27.2 Å². The third-order valence-corrected chi connectivity index (χ3v) is 4.03. The predicted molar refractivity (Wildman–Crippen MR) is 81.8 cm³/mol. The number of carbonyl (C=O) groups excluding carboxylic acids is 1. The van der Waals surface area contributed by atoms with Crippen LogP contribution >= 0.6 is 11.3 Å². The number of ether oxygens (including phenoxy) is 1. The van der Waals surface area contributed by atoms with E-state index in [1.807, 2.05) is 33.3 Å². The lowest BCUT2D eigenvalue weighted by Crippen LogP contribution is -2.26. The van der Waals surface area contributed by atoms with Crippen LogP contribution in [-0.2, 0) is 16.1 Å². The molecule has 0 spiro atoms. The Morgan fingerprint density at radius 3 is 3.00 bits per heavy atom. The molecule has 1 aromatic rings. The summed E-state index contributed by atoms with van der Waals surface area (Å²) >= 11 is 1.59. The first-order chi connectivity index (χ1) is 9.58. The lowest BCUT2D eigenvalue weighted by molar-refractivity contribution is -0.130. The minimum atomic E-state index is 0.0235. The van der Waals surface area contributed by atoms with Gasteiger partial charge in [-0.05, 0) is 33.9 Å². The molecule has 0 aromatic carbocycles. The molecule has 0 aliphatic carbocycles. The van der Waals surface area contributed by atoms with E-state index >= 15 is 0 Å². The fourth-order valence-electron chi connectivity index (χ4n) is 1.84.